The fourth-order valence-electron chi connectivity index (χ4n) is 3.76. The van der Waals surface area contributed by atoms with Crippen LogP contribution in [-0.2, 0) is 10.0 Å². The second-order valence-corrected chi connectivity index (χ2v) is 9.47. The van der Waals surface area contributed by atoms with Crippen molar-refractivity contribution < 1.29 is 18.1 Å². The first-order valence-electron chi connectivity index (χ1n) is 9.65. The number of nitro groups is 1. The predicted molar refractivity (Wildman–Crippen MR) is 113 cm³/mol. The van der Waals surface area contributed by atoms with Gasteiger partial charge in [0.1, 0.15) is 0 Å². The molecule has 0 bridgehead atoms. The predicted octanol–water partition coefficient (Wildman–Crippen LogP) is 2.98. The summed E-state index contributed by atoms with van der Waals surface area (Å²) in [7, 11) is -3.69. The minimum absolute atomic E-state index is 0.150. The van der Waals surface area contributed by atoms with Crippen LogP contribution in [0.2, 0.25) is 0 Å². The third-order valence-corrected chi connectivity index (χ3v) is 7.90. The van der Waals surface area contributed by atoms with E-state index >= 15 is 0 Å². The molecule has 3 rings (SSSR count). The number of nitrogens with zero attached hydrogens (tertiary/aromatic N) is 3. The summed E-state index contributed by atoms with van der Waals surface area (Å²) in [5.74, 6) is -0.338. The molecule has 160 valence electrons. The van der Waals surface area contributed by atoms with Gasteiger partial charge < -0.3 is 4.90 Å². The van der Waals surface area contributed by atoms with Crippen molar-refractivity contribution in [2.45, 2.75) is 32.6 Å². The summed E-state index contributed by atoms with van der Waals surface area (Å²) < 4.78 is 28.1. The average molecular weight is 432 g/mol. The first kappa shape index (κ1) is 21.9. The number of aryl methyl sites for hydroxylation is 2. The van der Waals surface area contributed by atoms with Crippen LogP contribution >= 0.6 is 0 Å². The minimum Gasteiger partial charge on any atom is -0.336 e. The molecule has 0 spiro atoms. The zero-order valence-electron chi connectivity index (χ0n) is 17.5. The van der Waals surface area contributed by atoms with Gasteiger partial charge in [-0.15, -0.1) is 0 Å². The number of rotatable bonds is 4. The summed E-state index contributed by atoms with van der Waals surface area (Å²) in [5, 5.41) is 11.0. The van der Waals surface area contributed by atoms with Crippen LogP contribution in [0.15, 0.2) is 35.2 Å². The largest absolute Gasteiger partial charge is 0.336 e. The summed E-state index contributed by atoms with van der Waals surface area (Å²) in [6.45, 7) is 8.23. The zero-order chi connectivity index (χ0) is 22.2. The van der Waals surface area contributed by atoms with E-state index in [9.17, 15) is 23.3 Å². The number of hydrogen-bond acceptors (Lipinski definition) is 5. The van der Waals surface area contributed by atoms with E-state index in [1.807, 2.05) is 33.8 Å². The van der Waals surface area contributed by atoms with Gasteiger partial charge in [0.2, 0.25) is 10.0 Å². The third-order valence-electron chi connectivity index (χ3n) is 5.72. The number of sulfonamides is 1. The van der Waals surface area contributed by atoms with Crippen LogP contribution in [0.4, 0.5) is 5.69 Å². The molecule has 30 heavy (non-hydrogen) atoms. The molecule has 1 fully saturated rings. The van der Waals surface area contributed by atoms with Crippen LogP contribution < -0.4 is 0 Å². The van der Waals surface area contributed by atoms with Crippen LogP contribution in [0.5, 0.6) is 0 Å². The molecular weight excluding hydrogens is 406 g/mol. The van der Waals surface area contributed by atoms with E-state index in [4.69, 9.17) is 0 Å². The van der Waals surface area contributed by atoms with Crippen molar-refractivity contribution in [2.24, 2.45) is 0 Å². The Balaban J connectivity index is 1.80. The van der Waals surface area contributed by atoms with Crippen molar-refractivity contribution in [1.29, 1.82) is 0 Å². The molecule has 0 atom stereocenters. The Hall–Kier alpha value is -2.78. The van der Waals surface area contributed by atoms with Gasteiger partial charge in [0.15, 0.2) is 0 Å². The maximum absolute atomic E-state index is 13.3. The van der Waals surface area contributed by atoms with Gasteiger partial charge in [-0.25, -0.2) is 8.42 Å². The van der Waals surface area contributed by atoms with Gasteiger partial charge in [-0.1, -0.05) is 12.1 Å². The molecule has 2 aromatic carbocycles. The number of amides is 1. The maximum atomic E-state index is 13.3. The summed E-state index contributed by atoms with van der Waals surface area (Å²) in [6.07, 6.45) is 0. The standard InChI is InChI=1S/C21H25N3O5S/c1-14-12-15(2)17(4)20(16(14)3)30(28,29)23-10-8-22(9-11-23)21(25)18-6-5-7-19(13-18)24(26)27/h5-7,12-13H,8-11H2,1-4H3. The molecule has 0 radical (unpaired) electrons. The Labute approximate surface area is 176 Å². The van der Waals surface area contributed by atoms with Gasteiger partial charge in [0.05, 0.1) is 9.82 Å². The fourth-order valence-corrected chi connectivity index (χ4v) is 5.76. The van der Waals surface area contributed by atoms with Crippen LogP contribution in [0, 0.1) is 37.8 Å². The lowest BCUT2D eigenvalue weighted by Crippen LogP contribution is -2.50. The Morgan fingerprint density at radius 2 is 1.53 bits per heavy atom. The van der Waals surface area contributed by atoms with Crippen molar-refractivity contribution >= 4 is 21.6 Å². The van der Waals surface area contributed by atoms with Gasteiger partial charge in [-0.3, -0.25) is 14.9 Å². The molecule has 0 unspecified atom stereocenters. The van der Waals surface area contributed by atoms with Gasteiger partial charge in [-0.05, 0) is 56.0 Å². The maximum Gasteiger partial charge on any atom is 0.270 e. The summed E-state index contributed by atoms with van der Waals surface area (Å²) in [6, 6.07) is 7.56. The van der Waals surface area contributed by atoms with Crippen molar-refractivity contribution in [3.63, 3.8) is 0 Å². The Morgan fingerprint density at radius 3 is 2.07 bits per heavy atom. The molecule has 1 aliphatic rings. The van der Waals surface area contributed by atoms with E-state index in [0.29, 0.717) is 4.90 Å². The molecule has 0 N–H and O–H groups in total. The SMILES string of the molecule is Cc1cc(C)c(C)c(S(=O)(=O)N2CCN(C(=O)c3cccc([N+](=O)[O-])c3)CC2)c1C. The van der Waals surface area contributed by atoms with Crippen molar-refractivity contribution in [3.8, 4) is 0 Å². The highest BCUT2D eigenvalue weighted by Crippen LogP contribution is 2.29. The molecule has 0 aliphatic carbocycles. The van der Waals surface area contributed by atoms with Crippen molar-refractivity contribution in [2.75, 3.05) is 26.2 Å². The van der Waals surface area contributed by atoms with Crippen molar-refractivity contribution in [1.82, 2.24) is 9.21 Å². The first-order chi connectivity index (χ1) is 14.0. The average Bonchev–Trinajstić information content (AvgIpc) is 2.72. The van der Waals surface area contributed by atoms with Gasteiger partial charge in [0, 0.05) is 43.9 Å². The topological polar surface area (TPSA) is 101 Å². The van der Waals surface area contributed by atoms with Gasteiger partial charge >= 0.3 is 0 Å². The van der Waals surface area contributed by atoms with E-state index in [2.05, 4.69) is 0 Å². The smallest absolute Gasteiger partial charge is 0.270 e. The highest BCUT2D eigenvalue weighted by molar-refractivity contribution is 7.89. The normalized spacial score (nSPS) is 15.3. The van der Waals surface area contributed by atoms with Gasteiger partial charge in [0.25, 0.3) is 11.6 Å². The van der Waals surface area contributed by atoms with Crippen LogP contribution in [0.1, 0.15) is 32.6 Å². The number of benzene rings is 2. The highest BCUT2D eigenvalue weighted by Gasteiger charge is 2.33. The molecule has 8 nitrogen and oxygen atoms in total. The molecule has 1 heterocycles. The zero-order valence-corrected chi connectivity index (χ0v) is 18.3. The van der Waals surface area contributed by atoms with E-state index in [-0.39, 0.29) is 43.3 Å². The number of hydrogen-bond donors (Lipinski definition) is 0. The summed E-state index contributed by atoms with van der Waals surface area (Å²) in [4.78, 5) is 25.0. The number of non-ortho nitro benzene ring substituents is 1. The minimum atomic E-state index is -3.69. The van der Waals surface area contributed by atoms with E-state index in [0.717, 1.165) is 22.3 Å². The molecule has 2 aromatic rings. The quantitative estimate of drug-likeness (QED) is 0.547. The van der Waals surface area contributed by atoms with Crippen LogP contribution in [0.25, 0.3) is 0 Å². The molecule has 1 aliphatic heterocycles. The van der Waals surface area contributed by atoms with Gasteiger partial charge in [-0.2, -0.15) is 4.31 Å². The van der Waals surface area contributed by atoms with Crippen LogP contribution in [0.3, 0.4) is 0 Å². The van der Waals surface area contributed by atoms with E-state index in [1.54, 1.807) is 0 Å². The molecule has 1 amide bonds. The second kappa shape index (κ2) is 8.16. The van der Waals surface area contributed by atoms with Crippen molar-refractivity contribution in [3.05, 3.63) is 68.3 Å². The van der Waals surface area contributed by atoms with E-state index in [1.165, 1.54) is 33.5 Å². The molecule has 9 heteroatoms. The summed E-state index contributed by atoms with van der Waals surface area (Å²) in [5.41, 5.74) is 3.41. The molecule has 0 aromatic heterocycles. The fraction of sp³-hybridized carbons (Fsp3) is 0.381. The lowest BCUT2D eigenvalue weighted by Gasteiger charge is -2.34. The highest BCUT2D eigenvalue weighted by atomic mass is 32.2. The molecular formula is C21H25N3O5S. The third kappa shape index (κ3) is 3.95. The Kier molecular flexibility index (Phi) is 5.96. The molecule has 0 saturated carbocycles. The molecule has 1 saturated heterocycles. The monoisotopic (exact) mass is 431 g/mol. The number of carbonyl (C=O) groups excluding carboxylic acids is 1. The Morgan fingerprint density at radius 1 is 0.967 bits per heavy atom. The summed E-state index contributed by atoms with van der Waals surface area (Å²) >= 11 is 0. The second-order valence-electron chi connectivity index (χ2n) is 7.59. The number of piperazine rings is 1. The Bertz CT molecular complexity index is 1090. The van der Waals surface area contributed by atoms with E-state index < -0.39 is 14.9 Å². The number of nitro benzene ring substituents is 1. The first-order valence-corrected chi connectivity index (χ1v) is 11.1. The number of carbonyl (C=O) groups is 1. The lowest BCUT2D eigenvalue weighted by molar-refractivity contribution is -0.384. The van der Waals surface area contributed by atoms with Crippen LogP contribution in [-0.4, -0.2) is 54.6 Å². The lowest BCUT2D eigenvalue weighted by atomic mass is 10.0.